The molecule has 50 valence electrons. The van der Waals surface area contributed by atoms with Gasteiger partial charge in [0.15, 0.2) is 5.78 Å². The summed E-state index contributed by atoms with van der Waals surface area (Å²) in [4.78, 5) is 9.98. The van der Waals surface area contributed by atoms with Crippen molar-refractivity contribution >= 4 is 5.78 Å². The molecule has 0 spiro atoms. The third-order valence-corrected chi connectivity index (χ3v) is 0.407. The third kappa shape index (κ3) is 9.21. The maximum Gasteiger partial charge on any atom is 1.00 e. The number of hydrogen-bond donors (Lipinski definition) is 0. The van der Waals surface area contributed by atoms with Gasteiger partial charge in [0.05, 0.1) is 0 Å². The first kappa shape index (κ1) is 10.7. The number of hydrogen-bond acceptors (Lipinski definition) is 2. The van der Waals surface area contributed by atoms with Crippen LogP contribution >= 0.6 is 0 Å². The molecule has 3 heteroatoms. The molecule has 0 unspecified atom stereocenters. The third-order valence-electron chi connectivity index (χ3n) is 0.407. The Morgan fingerprint density at radius 1 is 1.50 bits per heavy atom. The Labute approximate surface area is 59.1 Å². The summed E-state index contributed by atoms with van der Waals surface area (Å²) in [6.45, 7) is 2.70. The van der Waals surface area contributed by atoms with E-state index in [-0.39, 0.29) is 28.6 Å². The van der Waals surface area contributed by atoms with Crippen LogP contribution in [0.15, 0.2) is 11.8 Å². The molecule has 0 aromatic heterocycles. The molecule has 0 saturated carbocycles. The predicted octanol–water partition coefficient (Wildman–Crippen LogP) is -0.163. The van der Waals surface area contributed by atoms with Crippen molar-refractivity contribution in [3.8, 4) is 0 Å². The average molecular weight is 163 g/mol. The summed E-state index contributed by atoms with van der Waals surface area (Å²) in [5.74, 6) is -0.375. The van der Waals surface area contributed by atoms with E-state index in [1.54, 1.807) is 0 Å². The molecule has 2 nitrogen and oxygen atoms in total. The second kappa shape index (κ2) is 4.88. The van der Waals surface area contributed by atoms with Crippen molar-refractivity contribution in [2.24, 2.45) is 0 Å². The van der Waals surface area contributed by atoms with Crippen LogP contribution in [-0.2, 0) is 21.9 Å². The van der Waals surface area contributed by atoms with Crippen molar-refractivity contribution in [2.45, 2.75) is 13.8 Å². The Bertz CT molecular complexity index is 103. The smallest absolute Gasteiger partial charge is 0.876 e. The fraction of sp³-hybridized carbons (Fsp3) is 0.400. The largest absolute Gasteiger partial charge is 1.00 e. The summed E-state index contributed by atoms with van der Waals surface area (Å²) in [5, 5.41) is 9.98. The van der Waals surface area contributed by atoms with Crippen molar-refractivity contribution < 1.29 is 27.0 Å². The van der Waals surface area contributed by atoms with Gasteiger partial charge in [-0.1, -0.05) is 6.92 Å². The van der Waals surface area contributed by atoms with Crippen LogP contribution in [-0.4, -0.2) is 5.78 Å². The Hall–Kier alpha value is -0.271. The predicted molar refractivity (Wildman–Crippen MR) is 24.4 cm³/mol. The van der Waals surface area contributed by atoms with Crippen molar-refractivity contribution in [3.05, 3.63) is 11.8 Å². The van der Waals surface area contributed by atoms with Gasteiger partial charge in [-0.15, -0.1) is 5.76 Å². The zero-order valence-electron chi connectivity index (χ0n) is 4.70. The van der Waals surface area contributed by atoms with Crippen LogP contribution < -0.4 is 5.11 Å². The van der Waals surface area contributed by atoms with E-state index in [0.717, 1.165) is 6.08 Å². The summed E-state index contributed by atoms with van der Waals surface area (Å²) in [6, 6.07) is 0. The average Bonchev–Trinajstić information content (AvgIpc) is 1.27. The van der Waals surface area contributed by atoms with Gasteiger partial charge in [0, 0.05) is 0 Å². The van der Waals surface area contributed by atoms with E-state index >= 15 is 0 Å². The minimum Gasteiger partial charge on any atom is -0.876 e. The van der Waals surface area contributed by atoms with Crippen molar-refractivity contribution in [2.75, 3.05) is 0 Å². The summed E-state index contributed by atoms with van der Waals surface area (Å²) >= 11 is 0. The number of rotatable bonds is 1. The van der Waals surface area contributed by atoms with E-state index in [0.29, 0.717) is 0 Å². The van der Waals surface area contributed by atoms with E-state index in [9.17, 15) is 9.90 Å². The van der Waals surface area contributed by atoms with Crippen LogP contribution in [0.1, 0.15) is 13.8 Å². The zero-order valence-corrected chi connectivity index (χ0v) is 5.64. The fourth-order valence-electron chi connectivity index (χ4n) is 0.286. The van der Waals surface area contributed by atoms with Crippen LogP contribution in [0.2, 0.25) is 0 Å². The fourth-order valence-corrected chi connectivity index (χ4v) is 0.286. The normalized spacial score (nSPS) is 10.0. The van der Waals surface area contributed by atoms with E-state index < -0.39 is 0 Å². The molecule has 0 radical (unpaired) electrons. The molecule has 0 aromatic carbocycles. The first-order valence-corrected chi connectivity index (χ1v) is 1.99. The molecule has 0 aliphatic rings. The van der Waals surface area contributed by atoms with Gasteiger partial charge in [-0.25, -0.2) is 0 Å². The van der Waals surface area contributed by atoms with Crippen LogP contribution in [0.5, 0.6) is 0 Å². The minimum absolute atomic E-state index is 0. The van der Waals surface area contributed by atoms with E-state index in [2.05, 4.69) is 0 Å². The Morgan fingerprint density at radius 2 is 1.88 bits per heavy atom. The minimum atomic E-state index is -0.187. The van der Waals surface area contributed by atoms with Gasteiger partial charge in [0.2, 0.25) is 0 Å². The van der Waals surface area contributed by atoms with E-state index in [1.165, 1.54) is 13.8 Å². The Balaban J connectivity index is 0. The van der Waals surface area contributed by atoms with Crippen molar-refractivity contribution in [1.29, 1.82) is 0 Å². The number of carbonyl (C=O) groups excluding carboxylic acids is 1. The standard InChI is InChI=1S/C5H8O2.Cu/c1-4(6)3-5(2)7;/h3,6H,1-2H3;/q;+1/p-1/b4-3-;. The first-order chi connectivity index (χ1) is 3.13. The molecular weight excluding hydrogens is 156 g/mol. The molecule has 0 amide bonds. The second-order valence-corrected chi connectivity index (χ2v) is 1.37. The second-order valence-electron chi connectivity index (χ2n) is 1.37. The van der Waals surface area contributed by atoms with Gasteiger partial charge >= 0.3 is 17.1 Å². The van der Waals surface area contributed by atoms with Gasteiger partial charge in [-0.05, 0) is 13.0 Å². The molecule has 0 fully saturated rings. The summed E-state index contributed by atoms with van der Waals surface area (Å²) < 4.78 is 0. The molecule has 0 aromatic rings. The molecule has 0 aliphatic heterocycles. The molecule has 0 rings (SSSR count). The quantitative estimate of drug-likeness (QED) is 0.305. The summed E-state index contributed by atoms with van der Waals surface area (Å²) in [5.41, 5.74) is 0. The number of carbonyl (C=O) groups is 1. The van der Waals surface area contributed by atoms with Gasteiger partial charge in [-0.3, -0.25) is 4.79 Å². The van der Waals surface area contributed by atoms with E-state index in [4.69, 9.17) is 0 Å². The maximum absolute atomic E-state index is 9.98. The molecule has 0 N–H and O–H groups in total. The Morgan fingerprint density at radius 3 is 1.88 bits per heavy atom. The zero-order chi connectivity index (χ0) is 5.86. The van der Waals surface area contributed by atoms with Crippen LogP contribution in [0.25, 0.3) is 0 Å². The maximum atomic E-state index is 9.98. The van der Waals surface area contributed by atoms with Gasteiger partial charge in [0.1, 0.15) is 0 Å². The SMILES string of the molecule is CC(=O)/C=C(/C)[O-].[Cu+]. The van der Waals surface area contributed by atoms with Gasteiger partial charge in [0.25, 0.3) is 0 Å². The van der Waals surface area contributed by atoms with Crippen LogP contribution in [0.4, 0.5) is 0 Å². The Kier molecular flexibility index (Phi) is 6.50. The van der Waals surface area contributed by atoms with Gasteiger partial charge in [-0.2, -0.15) is 0 Å². The molecule has 8 heavy (non-hydrogen) atoms. The molecular formula is C5H7CuO2. The molecule has 0 heterocycles. The van der Waals surface area contributed by atoms with Crippen LogP contribution in [0, 0.1) is 0 Å². The van der Waals surface area contributed by atoms with Gasteiger partial charge < -0.3 is 5.11 Å². The summed E-state index contributed by atoms with van der Waals surface area (Å²) in [6.07, 6.45) is 1.06. The van der Waals surface area contributed by atoms with Crippen molar-refractivity contribution in [3.63, 3.8) is 0 Å². The monoisotopic (exact) mass is 162 g/mol. The van der Waals surface area contributed by atoms with Crippen LogP contribution in [0.3, 0.4) is 0 Å². The first-order valence-electron chi connectivity index (χ1n) is 1.99. The molecule has 0 aliphatic carbocycles. The molecule has 0 saturated heterocycles. The molecule has 0 bridgehead atoms. The number of allylic oxidation sites excluding steroid dienone is 2. The molecule has 0 atom stereocenters. The summed E-state index contributed by atoms with van der Waals surface area (Å²) in [7, 11) is 0. The number of ketones is 1. The topological polar surface area (TPSA) is 40.1 Å². The van der Waals surface area contributed by atoms with E-state index in [1.807, 2.05) is 0 Å². The van der Waals surface area contributed by atoms with Crippen molar-refractivity contribution in [1.82, 2.24) is 0 Å².